The highest BCUT2D eigenvalue weighted by atomic mass is 16.2. The maximum absolute atomic E-state index is 12.5. The van der Waals surface area contributed by atoms with Crippen LogP contribution in [0.2, 0.25) is 0 Å². The Balaban J connectivity index is 1.74. The number of nitrogens with two attached hydrogens (primary N) is 1. The fraction of sp³-hybridized carbons (Fsp3) is 0.333. The molecule has 0 fully saturated rings. The lowest BCUT2D eigenvalue weighted by Crippen LogP contribution is -2.42. The van der Waals surface area contributed by atoms with Crippen molar-refractivity contribution in [1.29, 1.82) is 0 Å². The van der Waals surface area contributed by atoms with Crippen LogP contribution in [0.4, 0.5) is 5.82 Å². The first-order valence-electron chi connectivity index (χ1n) is 9.62. The van der Waals surface area contributed by atoms with Crippen molar-refractivity contribution < 1.29 is 4.79 Å². The third-order valence-corrected chi connectivity index (χ3v) is 4.93. The van der Waals surface area contributed by atoms with Crippen LogP contribution in [0.3, 0.4) is 0 Å². The number of fused-ring (bicyclic) bond motifs is 3. The summed E-state index contributed by atoms with van der Waals surface area (Å²) in [4.78, 5) is 17.1. The number of aromatic amines is 1. The van der Waals surface area contributed by atoms with Crippen molar-refractivity contribution in [3.8, 4) is 11.3 Å². The molecule has 8 nitrogen and oxygen atoms in total. The molecule has 0 bridgehead atoms. The molecular weight excluding hydrogens is 366 g/mol. The van der Waals surface area contributed by atoms with Crippen LogP contribution in [0, 0.1) is 5.41 Å². The molecule has 0 saturated carbocycles. The zero-order valence-corrected chi connectivity index (χ0v) is 17.0. The van der Waals surface area contributed by atoms with Crippen molar-refractivity contribution >= 4 is 33.5 Å². The van der Waals surface area contributed by atoms with Crippen molar-refractivity contribution in [3.63, 3.8) is 0 Å². The second-order valence-corrected chi connectivity index (χ2v) is 8.30. The minimum absolute atomic E-state index is 0.00721. The third-order valence-electron chi connectivity index (χ3n) is 4.93. The molecule has 150 valence electrons. The molecule has 29 heavy (non-hydrogen) atoms. The largest absolute Gasteiger partial charge is 0.383 e. The average Bonchev–Trinajstić information content (AvgIpc) is 3.30. The van der Waals surface area contributed by atoms with Gasteiger partial charge in [-0.05, 0) is 45.9 Å². The molecule has 3 heterocycles. The number of rotatable bonds is 5. The number of carbonyl (C=O) groups is 1. The molecule has 0 aliphatic carbocycles. The van der Waals surface area contributed by atoms with Crippen molar-refractivity contribution in [3.05, 3.63) is 36.7 Å². The average molecular weight is 391 g/mol. The zero-order chi connectivity index (χ0) is 20.8. The van der Waals surface area contributed by atoms with Crippen LogP contribution in [-0.2, 0) is 11.3 Å². The third kappa shape index (κ3) is 3.53. The number of carbonyl (C=O) groups excluding carboxylic acids is 1. The normalized spacial score (nSPS) is 12.2. The summed E-state index contributed by atoms with van der Waals surface area (Å²) >= 11 is 0. The van der Waals surface area contributed by atoms with E-state index in [0.717, 1.165) is 33.1 Å². The number of aromatic nitrogens is 5. The van der Waals surface area contributed by atoms with Gasteiger partial charge in [-0.1, -0.05) is 6.07 Å². The highest BCUT2D eigenvalue weighted by Gasteiger charge is 2.29. The van der Waals surface area contributed by atoms with E-state index in [-0.39, 0.29) is 11.9 Å². The van der Waals surface area contributed by atoms with E-state index < -0.39 is 5.41 Å². The Bertz CT molecular complexity index is 1190. The van der Waals surface area contributed by atoms with Crippen LogP contribution in [0.5, 0.6) is 0 Å². The first-order chi connectivity index (χ1) is 13.7. The Labute approximate surface area is 168 Å². The van der Waals surface area contributed by atoms with E-state index in [0.29, 0.717) is 12.4 Å². The summed E-state index contributed by atoms with van der Waals surface area (Å²) < 4.78 is 1.78. The second kappa shape index (κ2) is 6.88. The molecule has 1 aromatic carbocycles. The number of nitrogens with one attached hydrogen (secondary N) is 2. The summed E-state index contributed by atoms with van der Waals surface area (Å²) in [6.07, 6.45) is 3.58. The van der Waals surface area contributed by atoms with E-state index in [1.165, 1.54) is 0 Å². The van der Waals surface area contributed by atoms with Crippen LogP contribution in [0.1, 0.15) is 27.7 Å². The van der Waals surface area contributed by atoms with Gasteiger partial charge in [0.05, 0.1) is 28.6 Å². The van der Waals surface area contributed by atoms with Crippen LogP contribution in [0.25, 0.3) is 33.1 Å². The topological polar surface area (TPSA) is 115 Å². The Kier molecular flexibility index (Phi) is 4.49. The maximum atomic E-state index is 12.5. The number of amides is 1. The summed E-state index contributed by atoms with van der Waals surface area (Å²) in [5.74, 6) is 0.414. The van der Waals surface area contributed by atoms with E-state index in [1.807, 2.05) is 58.2 Å². The van der Waals surface area contributed by atoms with Gasteiger partial charge in [0.15, 0.2) is 0 Å². The predicted molar refractivity (Wildman–Crippen MR) is 114 cm³/mol. The van der Waals surface area contributed by atoms with Crippen LogP contribution >= 0.6 is 0 Å². The lowest BCUT2D eigenvalue weighted by molar-refractivity contribution is -0.130. The fourth-order valence-electron chi connectivity index (χ4n) is 3.42. The molecule has 0 unspecified atom stereocenters. The molecule has 3 aromatic heterocycles. The highest BCUT2D eigenvalue weighted by molar-refractivity contribution is 6.08. The minimum atomic E-state index is -0.613. The van der Waals surface area contributed by atoms with Gasteiger partial charge in [-0.2, -0.15) is 10.2 Å². The van der Waals surface area contributed by atoms with Crippen molar-refractivity contribution in [1.82, 2.24) is 30.3 Å². The van der Waals surface area contributed by atoms with Gasteiger partial charge in [0.2, 0.25) is 5.91 Å². The number of hydrogen-bond acceptors (Lipinski definition) is 5. The van der Waals surface area contributed by atoms with Gasteiger partial charge in [-0.3, -0.25) is 14.6 Å². The molecule has 1 amide bonds. The van der Waals surface area contributed by atoms with E-state index >= 15 is 0 Å². The van der Waals surface area contributed by atoms with Crippen LogP contribution < -0.4 is 11.1 Å². The molecule has 4 aromatic rings. The summed E-state index contributed by atoms with van der Waals surface area (Å²) in [5, 5.41) is 16.4. The van der Waals surface area contributed by atoms with Crippen molar-refractivity contribution in [2.24, 2.45) is 5.41 Å². The Morgan fingerprint density at radius 2 is 2.07 bits per heavy atom. The molecule has 0 aliphatic heterocycles. The van der Waals surface area contributed by atoms with Gasteiger partial charge in [0.25, 0.3) is 0 Å². The van der Waals surface area contributed by atoms with E-state index in [2.05, 4.69) is 20.5 Å². The number of nitrogens with zero attached hydrogens (tertiary/aromatic N) is 4. The quantitative estimate of drug-likeness (QED) is 0.484. The second-order valence-electron chi connectivity index (χ2n) is 8.30. The number of H-pyrrole nitrogens is 1. The Hall–Kier alpha value is -3.42. The van der Waals surface area contributed by atoms with Gasteiger partial charge in [0.1, 0.15) is 11.3 Å². The molecule has 4 rings (SSSR count). The Morgan fingerprint density at radius 3 is 2.76 bits per heavy atom. The zero-order valence-electron chi connectivity index (χ0n) is 17.0. The van der Waals surface area contributed by atoms with Gasteiger partial charge in [0, 0.05) is 29.4 Å². The number of hydrogen-bond donors (Lipinski definition) is 3. The van der Waals surface area contributed by atoms with Gasteiger partial charge >= 0.3 is 0 Å². The van der Waals surface area contributed by atoms with Crippen LogP contribution in [0.15, 0.2) is 36.7 Å². The molecule has 0 aliphatic rings. The molecule has 0 radical (unpaired) electrons. The minimum Gasteiger partial charge on any atom is -0.383 e. The smallest absolute Gasteiger partial charge is 0.227 e. The molecule has 4 N–H and O–H groups in total. The van der Waals surface area contributed by atoms with Gasteiger partial charge < -0.3 is 11.1 Å². The molecule has 0 atom stereocenters. The molecule has 8 heteroatoms. The standard InChI is InChI=1S/C21H25N7O/c1-12(2)24-20(29)21(3,4)11-28-10-15-18(27-28)14-6-5-13(16-7-8-23-26-16)9-17(14)25-19(15)22/h5-10,12H,11H2,1-4H3,(H2,22,25)(H,23,26)(H,24,29). The summed E-state index contributed by atoms with van der Waals surface area (Å²) in [7, 11) is 0. The summed E-state index contributed by atoms with van der Waals surface area (Å²) in [6.45, 7) is 8.16. The lowest BCUT2D eigenvalue weighted by Gasteiger charge is -2.24. The molecular formula is C21H25N7O. The number of nitrogen functional groups attached to an aromatic ring is 1. The maximum Gasteiger partial charge on any atom is 0.227 e. The predicted octanol–water partition coefficient (Wildman–Crippen LogP) is 3.11. The fourth-order valence-corrected chi connectivity index (χ4v) is 3.42. The highest BCUT2D eigenvalue weighted by Crippen LogP contribution is 2.30. The Morgan fingerprint density at radius 1 is 1.28 bits per heavy atom. The number of anilines is 1. The monoisotopic (exact) mass is 391 g/mol. The number of pyridine rings is 1. The van der Waals surface area contributed by atoms with Gasteiger partial charge in [-0.25, -0.2) is 4.98 Å². The van der Waals surface area contributed by atoms with Gasteiger partial charge in [-0.15, -0.1) is 0 Å². The van der Waals surface area contributed by atoms with Crippen molar-refractivity contribution in [2.75, 3.05) is 5.73 Å². The van der Waals surface area contributed by atoms with Crippen molar-refractivity contribution in [2.45, 2.75) is 40.3 Å². The van der Waals surface area contributed by atoms with Crippen LogP contribution in [-0.4, -0.2) is 36.9 Å². The van der Waals surface area contributed by atoms with E-state index in [1.54, 1.807) is 10.9 Å². The number of benzene rings is 1. The summed E-state index contributed by atoms with van der Waals surface area (Å²) in [5.41, 5.74) is 9.06. The van der Waals surface area contributed by atoms with E-state index in [9.17, 15) is 4.79 Å². The SMILES string of the molecule is CC(C)NC(=O)C(C)(C)Cn1cc2c(N)nc3cc(-c4ccn[nH]4)ccc3c2n1. The first-order valence-corrected chi connectivity index (χ1v) is 9.62. The lowest BCUT2D eigenvalue weighted by atomic mass is 9.92. The first kappa shape index (κ1) is 18.9. The summed E-state index contributed by atoms with van der Waals surface area (Å²) in [6, 6.07) is 7.96. The molecule has 0 saturated heterocycles. The van der Waals surface area contributed by atoms with E-state index in [4.69, 9.17) is 10.8 Å². The molecule has 0 spiro atoms.